The van der Waals surface area contributed by atoms with E-state index in [1.807, 2.05) is 32.0 Å². The van der Waals surface area contributed by atoms with Crippen LogP contribution in [0.15, 0.2) is 18.2 Å². The van der Waals surface area contributed by atoms with Crippen molar-refractivity contribution in [3.8, 4) is 5.75 Å². The third kappa shape index (κ3) is 2.88. The summed E-state index contributed by atoms with van der Waals surface area (Å²) in [6.07, 6.45) is 0. The Labute approximate surface area is 119 Å². The molecule has 0 saturated carbocycles. The molecule has 5 nitrogen and oxygen atoms in total. The van der Waals surface area contributed by atoms with E-state index in [2.05, 4.69) is 5.32 Å². The van der Waals surface area contributed by atoms with Gasteiger partial charge in [-0.3, -0.25) is 4.79 Å². The Kier molecular flexibility index (Phi) is 4.84. The van der Waals surface area contributed by atoms with E-state index in [9.17, 15) is 4.79 Å². The van der Waals surface area contributed by atoms with Gasteiger partial charge in [0.05, 0.1) is 23.9 Å². The van der Waals surface area contributed by atoms with Crippen LogP contribution in [0.25, 0.3) is 0 Å². The monoisotopic (exact) mass is 278 g/mol. The van der Waals surface area contributed by atoms with Crippen molar-refractivity contribution in [2.75, 3.05) is 38.7 Å². The van der Waals surface area contributed by atoms with Crippen LogP contribution in [-0.4, -0.2) is 50.3 Å². The second kappa shape index (κ2) is 6.61. The van der Waals surface area contributed by atoms with Crippen molar-refractivity contribution in [2.24, 2.45) is 0 Å². The molecule has 0 aliphatic carbocycles. The van der Waals surface area contributed by atoms with Gasteiger partial charge in [0.25, 0.3) is 5.91 Å². The van der Waals surface area contributed by atoms with Crippen molar-refractivity contribution >= 4 is 11.6 Å². The molecule has 0 aromatic heterocycles. The van der Waals surface area contributed by atoms with Crippen molar-refractivity contribution < 1.29 is 14.3 Å². The van der Waals surface area contributed by atoms with Crippen LogP contribution in [0.2, 0.25) is 0 Å². The van der Waals surface area contributed by atoms with Gasteiger partial charge in [-0.25, -0.2) is 0 Å². The topological polar surface area (TPSA) is 50.8 Å². The second-order valence-corrected chi connectivity index (χ2v) is 4.85. The molecule has 110 valence electrons. The van der Waals surface area contributed by atoms with E-state index in [-0.39, 0.29) is 11.9 Å². The van der Waals surface area contributed by atoms with Gasteiger partial charge in [0.1, 0.15) is 6.61 Å². The van der Waals surface area contributed by atoms with Gasteiger partial charge in [0.15, 0.2) is 5.75 Å². The van der Waals surface area contributed by atoms with Crippen LogP contribution in [0.3, 0.4) is 0 Å². The number of carbonyl (C=O) groups is 1. The summed E-state index contributed by atoms with van der Waals surface area (Å²) in [7, 11) is 1.65. The molecule has 1 aromatic rings. The smallest absolute Gasteiger partial charge is 0.258 e. The third-order valence-corrected chi connectivity index (χ3v) is 3.45. The number of hydrogen-bond donors (Lipinski definition) is 1. The highest BCUT2D eigenvalue weighted by Gasteiger charge is 2.25. The number of para-hydroxylation sites is 1. The zero-order chi connectivity index (χ0) is 14.5. The number of anilines is 1. The number of hydrogen-bond acceptors (Lipinski definition) is 4. The predicted octanol–water partition coefficient (Wildman–Crippen LogP) is 1.99. The van der Waals surface area contributed by atoms with E-state index in [4.69, 9.17) is 9.47 Å². The summed E-state index contributed by atoms with van der Waals surface area (Å²) in [6, 6.07) is 5.66. The SMILES string of the molecule is CCN(C(=O)c1cccc2c1OCCN2)C(C)COC. The zero-order valence-electron chi connectivity index (χ0n) is 12.3. The molecule has 1 amide bonds. The average Bonchev–Trinajstić information content (AvgIpc) is 2.47. The van der Waals surface area contributed by atoms with Gasteiger partial charge in [-0.1, -0.05) is 6.07 Å². The summed E-state index contributed by atoms with van der Waals surface area (Å²) >= 11 is 0. The van der Waals surface area contributed by atoms with E-state index in [0.717, 1.165) is 12.2 Å². The number of fused-ring (bicyclic) bond motifs is 1. The number of benzene rings is 1. The van der Waals surface area contributed by atoms with Gasteiger partial charge in [-0.2, -0.15) is 0 Å². The Morgan fingerprint density at radius 1 is 1.55 bits per heavy atom. The highest BCUT2D eigenvalue weighted by atomic mass is 16.5. The molecule has 1 aliphatic rings. The Balaban J connectivity index is 2.28. The van der Waals surface area contributed by atoms with Gasteiger partial charge in [0, 0.05) is 20.2 Å². The van der Waals surface area contributed by atoms with E-state index >= 15 is 0 Å². The number of nitrogens with zero attached hydrogens (tertiary/aromatic N) is 1. The molecule has 1 N–H and O–H groups in total. The van der Waals surface area contributed by atoms with E-state index in [1.54, 1.807) is 12.0 Å². The largest absolute Gasteiger partial charge is 0.489 e. The summed E-state index contributed by atoms with van der Waals surface area (Å²) < 4.78 is 10.8. The second-order valence-electron chi connectivity index (χ2n) is 4.85. The minimum absolute atomic E-state index is 0.0161. The molecule has 1 atom stereocenters. The molecule has 0 saturated heterocycles. The standard InChI is InChI=1S/C15H22N2O3/c1-4-17(11(2)10-19-3)15(18)12-6-5-7-13-14(12)20-9-8-16-13/h5-7,11,16H,4,8-10H2,1-3H3. The first-order valence-corrected chi connectivity index (χ1v) is 6.98. The lowest BCUT2D eigenvalue weighted by Crippen LogP contribution is -2.41. The van der Waals surface area contributed by atoms with Crippen molar-refractivity contribution in [1.29, 1.82) is 0 Å². The fourth-order valence-corrected chi connectivity index (χ4v) is 2.48. The lowest BCUT2D eigenvalue weighted by molar-refractivity contribution is 0.0575. The molecular formula is C15H22N2O3. The maximum absolute atomic E-state index is 12.7. The molecule has 0 bridgehead atoms. The van der Waals surface area contributed by atoms with Crippen molar-refractivity contribution in [2.45, 2.75) is 19.9 Å². The van der Waals surface area contributed by atoms with Crippen molar-refractivity contribution in [3.05, 3.63) is 23.8 Å². The first-order chi connectivity index (χ1) is 9.69. The first-order valence-electron chi connectivity index (χ1n) is 6.98. The first kappa shape index (κ1) is 14.7. The van der Waals surface area contributed by atoms with Crippen molar-refractivity contribution in [3.63, 3.8) is 0 Å². The summed E-state index contributed by atoms with van der Waals surface area (Å²) in [6.45, 7) is 6.46. The molecule has 5 heteroatoms. The van der Waals surface area contributed by atoms with Gasteiger partial charge in [-0.05, 0) is 26.0 Å². The molecule has 1 heterocycles. The van der Waals surface area contributed by atoms with Crippen LogP contribution in [0.4, 0.5) is 5.69 Å². The normalized spacial score (nSPS) is 14.8. The van der Waals surface area contributed by atoms with E-state index < -0.39 is 0 Å². The summed E-state index contributed by atoms with van der Waals surface area (Å²) in [5, 5.41) is 3.25. The zero-order valence-corrected chi connectivity index (χ0v) is 12.3. The fraction of sp³-hybridized carbons (Fsp3) is 0.533. The molecule has 1 unspecified atom stereocenters. The summed E-state index contributed by atoms with van der Waals surface area (Å²) in [5.41, 5.74) is 1.50. The number of methoxy groups -OCH3 is 1. The third-order valence-electron chi connectivity index (χ3n) is 3.45. The molecule has 0 fully saturated rings. The number of likely N-dealkylation sites (N-methyl/N-ethyl adjacent to an activating group) is 1. The highest BCUT2D eigenvalue weighted by Crippen LogP contribution is 2.32. The minimum Gasteiger partial charge on any atom is -0.489 e. The highest BCUT2D eigenvalue weighted by molar-refractivity contribution is 5.99. The summed E-state index contributed by atoms with van der Waals surface area (Å²) in [4.78, 5) is 14.5. The Bertz CT molecular complexity index is 476. The predicted molar refractivity (Wildman–Crippen MR) is 78.5 cm³/mol. The number of ether oxygens (including phenoxy) is 2. The lowest BCUT2D eigenvalue weighted by Gasteiger charge is -2.29. The summed E-state index contributed by atoms with van der Waals surface area (Å²) in [5.74, 6) is 0.643. The van der Waals surface area contributed by atoms with Crippen molar-refractivity contribution in [1.82, 2.24) is 4.90 Å². The Morgan fingerprint density at radius 3 is 3.05 bits per heavy atom. The maximum atomic E-state index is 12.7. The minimum atomic E-state index is -0.0161. The molecule has 2 rings (SSSR count). The molecule has 0 spiro atoms. The van der Waals surface area contributed by atoms with E-state index in [0.29, 0.717) is 31.1 Å². The Morgan fingerprint density at radius 2 is 2.35 bits per heavy atom. The molecule has 1 aliphatic heterocycles. The molecule has 0 radical (unpaired) electrons. The Hall–Kier alpha value is -1.75. The fourth-order valence-electron chi connectivity index (χ4n) is 2.48. The van der Waals surface area contributed by atoms with Crippen LogP contribution in [0, 0.1) is 0 Å². The number of nitrogens with one attached hydrogen (secondary N) is 1. The van der Waals surface area contributed by atoms with Gasteiger partial charge in [-0.15, -0.1) is 0 Å². The van der Waals surface area contributed by atoms with Crippen LogP contribution >= 0.6 is 0 Å². The molecule has 1 aromatic carbocycles. The quantitative estimate of drug-likeness (QED) is 0.895. The molecular weight excluding hydrogens is 256 g/mol. The maximum Gasteiger partial charge on any atom is 0.258 e. The van der Waals surface area contributed by atoms with Crippen LogP contribution in [0.5, 0.6) is 5.75 Å². The van der Waals surface area contributed by atoms with Gasteiger partial charge in [0.2, 0.25) is 0 Å². The van der Waals surface area contributed by atoms with E-state index in [1.165, 1.54) is 0 Å². The number of amides is 1. The average molecular weight is 278 g/mol. The number of carbonyl (C=O) groups excluding carboxylic acids is 1. The number of rotatable bonds is 5. The van der Waals surface area contributed by atoms with Crippen LogP contribution in [0.1, 0.15) is 24.2 Å². The molecule has 20 heavy (non-hydrogen) atoms. The van der Waals surface area contributed by atoms with Crippen LogP contribution in [-0.2, 0) is 4.74 Å². The van der Waals surface area contributed by atoms with Crippen LogP contribution < -0.4 is 10.1 Å². The van der Waals surface area contributed by atoms with Gasteiger partial charge >= 0.3 is 0 Å². The lowest BCUT2D eigenvalue weighted by atomic mass is 10.1. The van der Waals surface area contributed by atoms with Gasteiger partial charge < -0.3 is 19.7 Å².